The molecule has 6 rings (SSSR count). The van der Waals surface area contributed by atoms with Gasteiger partial charge in [0.15, 0.2) is 5.13 Å². The standard InChI is InChI=1S/C42H54N6O10S/c1-10-23-17-42(23,37(52)53)47-35(50)29-15-25(19-48(29)36(51)34(41(6,7)8)46-39(54)58-24-13-14-56-20-24)57-31-16-27(43-33-22(2)30(55-9)12-11-26(31)33)28-21-59-38(44-28)45-32(49)18-40(3,4)5/h10-12,16,21,23-25,29,34H,1,13-15,17-20H2,2-9H3,(H,46,54)(H,47,50)(H,52,53)(H,44,45,49)/t23-,24?,25-,29+,34-,42-/m1/s1. The second kappa shape index (κ2) is 16.8. The van der Waals surface area contributed by atoms with Gasteiger partial charge in [0.05, 0.1) is 38.1 Å². The minimum absolute atomic E-state index is 0.00168. The lowest BCUT2D eigenvalue weighted by Crippen LogP contribution is -2.59. The topological polar surface area (TPSA) is 208 Å². The number of amides is 4. The number of carbonyl (C=O) groups is 5. The van der Waals surface area contributed by atoms with Crippen molar-refractivity contribution in [2.75, 3.05) is 32.2 Å². The zero-order valence-electron chi connectivity index (χ0n) is 34.8. The highest BCUT2D eigenvalue weighted by molar-refractivity contribution is 7.14. The van der Waals surface area contributed by atoms with Gasteiger partial charge < -0.3 is 44.9 Å². The smallest absolute Gasteiger partial charge is 0.408 e. The molecule has 2 aromatic heterocycles. The van der Waals surface area contributed by atoms with Crippen LogP contribution in [0.4, 0.5) is 9.93 Å². The van der Waals surface area contributed by atoms with Crippen molar-refractivity contribution in [2.24, 2.45) is 16.7 Å². The number of carboxylic acids is 1. The first-order chi connectivity index (χ1) is 27.7. The predicted molar refractivity (Wildman–Crippen MR) is 220 cm³/mol. The highest BCUT2D eigenvalue weighted by atomic mass is 32.1. The van der Waals surface area contributed by atoms with Gasteiger partial charge in [-0.15, -0.1) is 17.9 Å². The maximum Gasteiger partial charge on any atom is 0.408 e. The normalized spacial score (nSPS) is 23.3. The molecule has 0 bridgehead atoms. The van der Waals surface area contributed by atoms with Crippen LogP contribution in [0, 0.1) is 23.7 Å². The average Bonchev–Trinajstić information content (AvgIpc) is 3.56. The fraction of sp³-hybridized carbons (Fsp3) is 0.548. The Balaban J connectivity index is 1.33. The Morgan fingerprint density at radius 3 is 2.46 bits per heavy atom. The molecule has 3 fully saturated rings. The molecule has 3 aromatic rings. The molecular formula is C42H54N6O10S. The number of anilines is 1. The van der Waals surface area contributed by atoms with E-state index in [1.54, 1.807) is 45.4 Å². The molecule has 2 aliphatic heterocycles. The number of fused-ring (bicyclic) bond motifs is 1. The Bertz CT molecular complexity index is 2140. The molecule has 1 saturated carbocycles. The summed E-state index contributed by atoms with van der Waals surface area (Å²) in [7, 11) is 1.56. The van der Waals surface area contributed by atoms with Crippen molar-refractivity contribution in [2.45, 2.75) is 104 Å². The van der Waals surface area contributed by atoms with Crippen LogP contribution in [0.3, 0.4) is 0 Å². The Kier molecular flexibility index (Phi) is 12.3. The molecule has 17 heteroatoms. The summed E-state index contributed by atoms with van der Waals surface area (Å²) < 4.78 is 23.2. The Labute approximate surface area is 347 Å². The van der Waals surface area contributed by atoms with Crippen LogP contribution in [0.5, 0.6) is 11.5 Å². The van der Waals surface area contributed by atoms with Gasteiger partial charge in [0.25, 0.3) is 0 Å². The molecule has 318 valence electrons. The molecule has 1 aliphatic carbocycles. The maximum atomic E-state index is 14.6. The lowest BCUT2D eigenvalue weighted by atomic mass is 9.85. The van der Waals surface area contributed by atoms with Crippen LogP contribution in [0.15, 0.2) is 36.2 Å². The number of hydrogen-bond acceptors (Lipinski definition) is 12. The maximum absolute atomic E-state index is 14.6. The molecule has 0 radical (unpaired) electrons. The van der Waals surface area contributed by atoms with Crippen molar-refractivity contribution < 1.29 is 48.0 Å². The Morgan fingerprint density at radius 2 is 1.85 bits per heavy atom. The van der Waals surface area contributed by atoms with Gasteiger partial charge in [0.1, 0.15) is 47.0 Å². The van der Waals surface area contributed by atoms with Gasteiger partial charge in [-0.05, 0) is 36.3 Å². The number of nitrogens with zero attached hydrogens (tertiary/aromatic N) is 3. The monoisotopic (exact) mass is 834 g/mol. The van der Waals surface area contributed by atoms with Crippen molar-refractivity contribution in [1.82, 2.24) is 25.5 Å². The van der Waals surface area contributed by atoms with Crippen LogP contribution in [0.1, 0.15) is 72.8 Å². The van der Waals surface area contributed by atoms with Crippen molar-refractivity contribution >= 4 is 57.2 Å². The summed E-state index contributed by atoms with van der Waals surface area (Å²) in [6.07, 6.45) is 0.482. The summed E-state index contributed by atoms with van der Waals surface area (Å²) in [5.41, 5.74) is -0.344. The number of carboxylic acid groups (broad SMARTS) is 1. The number of ether oxygens (including phenoxy) is 4. The van der Waals surface area contributed by atoms with Crippen LogP contribution >= 0.6 is 11.3 Å². The van der Waals surface area contributed by atoms with E-state index >= 15 is 0 Å². The summed E-state index contributed by atoms with van der Waals surface area (Å²) in [6.45, 7) is 17.5. The quantitative estimate of drug-likeness (QED) is 0.158. The highest BCUT2D eigenvalue weighted by Gasteiger charge is 2.61. The molecule has 3 aliphatic rings. The van der Waals surface area contributed by atoms with Crippen LogP contribution in [0.2, 0.25) is 0 Å². The largest absolute Gasteiger partial charge is 0.496 e. The molecule has 0 spiro atoms. The number of hydrogen-bond donors (Lipinski definition) is 4. The van der Waals surface area contributed by atoms with Crippen LogP contribution in [0.25, 0.3) is 22.3 Å². The first kappa shape index (κ1) is 43.3. The number of aryl methyl sites for hydroxylation is 1. The number of benzene rings is 1. The van der Waals surface area contributed by atoms with Crippen LogP contribution in [-0.2, 0) is 28.7 Å². The fourth-order valence-corrected chi connectivity index (χ4v) is 8.24. The second-order valence-electron chi connectivity index (χ2n) is 17.7. The van der Waals surface area contributed by atoms with Gasteiger partial charge >= 0.3 is 12.1 Å². The molecule has 1 unspecified atom stereocenters. The molecule has 6 atom stereocenters. The number of methoxy groups -OCH3 is 1. The van der Waals surface area contributed by atoms with Crippen molar-refractivity contribution in [3.8, 4) is 22.9 Å². The van der Waals surface area contributed by atoms with Gasteiger partial charge in [0, 0.05) is 47.6 Å². The van der Waals surface area contributed by atoms with Crippen molar-refractivity contribution in [3.63, 3.8) is 0 Å². The predicted octanol–water partition coefficient (Wildman–Crippen LogP) is 5.47. The van der Waals surface area contributed by atoms with E-state index in [9.17, 15) is 29.1 Å². The lowest BCUT2D eigenvalue weighted by Gasteiger charge is -2.35. The molecule has 4 amide bonds. The van der Waals surface area contributed by atoms with Crippen LogP contribution in [-0.4, -0.2) is 106 Å². The van der Waals surface area contributed by atoms with E-state index in [0.29, 0.717) is 58.4 Å². The zero-order chi connectivity index (χ0) is 43.0. The molecule has 16 nitrogen and oxygen atoms in total. The Hall–Kier alpha value is -5.29. The Morgan fingerprint density at radius 1 is 1.10 bits per heavy atom. The summed E-state index contributed by atoms with van der Waals surface area (Å²) >= 11 is 1.26. The highest BCUT2D eigenvalue weighted by Crippen LogP contribution is 2.45. The number of rotatable bonds is 13. The lowest BCUT2D eigenvalue weighted by molar-refractivity contribution is -0.146. The molecule has 59 heavy (non-hydrogen) atoms. The number of thiazole rings is 1. The number of carbonyl (C=O) groups excluding carboxylic acids is 4. The third kappa shape index (κ3) is 9.62. The first-order valence-corrected chi connectivity index (χ1v) is 20.5. The number of aliphatic carboxylic acids is 1. The third-order valence-corrected chi connectivity index (χ3v) is 11.5. The number of aromatic nitrogens is 2. The minimum atomic E-state index is -1.55. The SMILES string of the molecule is C=C[C@@H]1C[C@]1(NC(=O)[C@@H]1C[C@@H](Oc2cc(-c3csc(NC(=O)CC(C)(C)C)n3)nc3c(C)c(OC)ccc23)CN1C(=O)[C@@H](NC(=O)OC1CCOC1)C(C)(C)C)C(=O)O. The fourth-order valence-electron chi connectivity index (χ4n) is 7.52. The van der Waals surface area contributed by atoms with Gasteiger partial charge in [-0.25, -0.2) is 19.6 Å². The molecular weight excluding hydrogens is 781 g/mol. The molecule has 4 N–H and O–H groups in total. The zero-order valence-corrected chi connectivity index (χ0v) is 35.6. The number of nitrogens with one attached hydrogen (secondary N) is 3. The molecule has 1 aromatic carbocycles. The summed E-state index contributed by atoms with van der Waals surface area (Å²) in [5, 5.41) is 21.3. The second-order valence-corrected chi connectivity index (χ2v) is 18.6. The number of likely N-dealkylation sites (tertiary alicyclic amines) is 1. The average molecular weight is 835 g/mol. The molecule has 4 heterocycles. The number of pyridine rings is 1. The number of alkyl carbamates (subject to hydrolysis) is 1. The van der Waals surface area contributed by atoms with E-state index in [2.05, 4.69) is 27.5 Å². The first-order valence-electron chi connectivity index (χ1n) is 19.7. The third-order valence-electron chi connectivity index (χ3n) is 10.8. The van der Waals surface area contributed by atoms with E-state index in [0.717, 1.165) is 5.56 Å². The summed E-state index contributed by atoms with van der Waals surface area (Å²) in [4.78, 5) is 78.0. The summed E-state index contributed by atoms with van der Waals surface area (Å²) in [6, 6.07) is 3.05. The minimum Gasteiger partial charge on any atom is -0.496 e. The van der Waals surface area contributed by atoms with Gasteiger partial charge in [0.2, 0.25) is 17.7 Å². The van der Waals surface area contributed by atoms with E-state index < -0.39 is 65.0 Å². The van der Waals surface area contributed by atoms with Gasteiger partial charge in [-0.1, -0.05) is 47.6 Å². The van der Waals surface area contributed by atoms with Gasteiger partial charge in [-0.2, -0.15) is 0 Å². The molecule has 2 saturated heterocycles. The van der Waals surface area contributed by atoms with E-state index in [1.807, 2.05) is 33.8 Å². The van der Waals surface area contributed by atoms with E-state index in [1.165, 1.54) is 22.3 Å². The van der Waals surface area contributed by atoms with Crippen molar-refractivity contribution in [3.05, 3.63) is 41.8 Å². The van der Waals surface area contributed by atoms with Crippen molar-refractivity contribution in [1.29, 1.82) is 0 Å². The van der Waals surface area contributed by atoms with E-state index in [4.69, 9.17) is 23.9 Å². The van der Waals surface area contributed by atoms with E-state index in [-0.39, 0.29) is 37.3 Å². The van der Waals surface area contributed by atoms with Gasteiger partial charge in [-0.3, -0.25) is 14.4 Å². The summed E-state index contributed by atoms with van der Waals surface area (Å²) in [5.74, 6) is -2.08. The van der Waals surface area contributed by atoms with Crippen LogP contribution < -0.4 is 25.4 Å².